The van der Waals surface area contributed by atoms with Crippen molar-refractivity contribution in [2.45, 2.75) is 4.90 Å². The van der Waals surface area contributed by atoms with Crippen LogP contribution in [0.15, 0.2) is 82.6 Å². The lowest BCUT2D eigenvalue weighted by molar-refractivity contribution is 0.415. The Morgan fingerprint density at radius 1 is 1.08 bits per heavy atom. The molecule has 0 spiro atoms. The number of oxazole rings is 1. The van der Waals surface area contributed by atoms with Crippen molar-refractivity contribution in [3.8, 4) is 28.4 Å². The third-order valence-corrected chi connectivity index (χ3v) is 7.06. The van der Waals surface area contributed by atoms with Gasteiger partial charge in [0.25, 0.3) is 0 Å². The minimum Gasteiger partial charge on any atom is -0.497 e. The van der Waals surface area contributed by atoms with Crippen LogP contribution in [-0.4, -0.2) is 48.0 Å². The van der Waals surface area contributed by atoms with Crippen LogP contribution >= 0.6 is 11.6 Å². The van der Waals surface area contributed by atoms with Gasteiger partial charge in [0, 0.05) is 36.1 Å². The Morgan fingerprint density at radius 3 is 2.72 bits per heavy atom. The lowest BCUT2D eigenvalue weighted by Gasteiger charge is -2.09. The molecule has 0 aliphatic heterocycles. The molecule has 0 saturated carbocycles. The van der Waals surface area contributed by atoms with Crippen LogP contribution in [0.5, 0.6) is 5.75 Å². The fourth-order valence-electron chi connectivity index (χ4n) is 3.63. The number of methoxy groups -OCH3 is 1. The standard InChI is InChI=1S/C24H21ClN6O4S/c1-34-18-4-2-3-16(15-18)21-22(31-13-14-35-24(31)30-21)20-9-10-26-23(29-20)27-11-12-28-36(32,33)19-7-5-17(25)6-8-19/h2-10,13-15,28H,11-12H2,1H3,(H,26,27,29). The highest BCUT2D eigenvalue weighted by atomic mass is 35.5. The Bertz CT molecular complexity index is 1620. The number of hydrogen-bond acceptors (Lipinski definition) is 8. The molecule has 0 radical (unpaired) electrons. The molecule has 36 heavy (non-hydrogen) atoms. The number of nitrogens with zero attached hydrogens (tertiary/aromatic N) is 4. The fraction of sp³-hybridized carbons (Fsp3) is 0.125. The number of aromatic nitrogens is 4. The molecule has 0 fully saturated rings. The molecule has 184 valence electrons. The molecule has 12 heteroatoms. The molecule has 3 aromatic heterocycles. The molecule has 2 aromatic carbocycles. The molecule has 0 aliphatic carbocycles. The second-order valence-electron chi connectivity index (χ2n) is 7.64. The van der Waals surface area contributed by atoms with Crippen LogP contribution < -0.4 is 14.8 Å². The summed E-state index contributed by atoms with van der Waals surface area (Å²) in [7, 11) is -2.05. The lowest BCUT2D eigenvalue weighted by Crippen LogP contribution is -2.29. The molecule has 5 rings (SSSR count). The largest absolute Gasteiger partial charge is 0.497 e. The fourth-order valence-corrected chi connectivity index (χ4v) is 4.79. The van der Waals surface area contributed by atoms with E-state index in [1.165, 1.54) is 24.3 Å². The third-order valence-electron chi connectivity index (χ3n) is 5.33. The third kappa shape index (κ3) is 4.89. The van der Waals surface area contributed by atoms with Gasteiger partial charge in [0.1, 0.15) is 23.4 Å². The number of fused-ring (bicyclic) bond motifs is 1. The summed E-state index contributed by atoms with van der Waals surface area (Å²) in [4.78, 5) is 13.7. The number of halogens is 1. The average Bonchev–Trinajstić information content (AvgIpc) is 3.49. The van der Waals surface area contributed by atoms with Gasteiger partial charge in [-0.3, -0.25) is 4.40 Å². The zero-order chi connectivity index (χ0) is 25.1. The van der Waals surface area contributed by atoms with Crippen LogP contribution in [0.4, 0.5) is 5.95 Å². The Hall–Kier alpha value is -3.93. The van der Waals surface area contributed by atoms with Crippen LogP contribution in [0.2, 0.25) is 5.02 Å². The molecular formula is C24H21ClN6O4S. The first-order chi connectivity index (χ1) is 17.4. The van der Waals surface area contributed by atoms with E-state index in [0.29, 0.717) is 34.0 Å². The van der Waals surface area contributed by atoms with E-state index in [1.807, 2.05) is 24.3 Å². The summed E-state index contributed by atoms with van der Waals surface area (Å²) in [5.74, 6) is 1.47. The lowest BCUT2D eigenvalue weighted by atomic mass is 10.1. The number of benzene rings is 2. The first-order valence-electron chi connectivity index (χ1n) is 10.9. The van der Waals surface area contributed by atoms with Crippen LogP contribution in [0.3, 0.4) is 0 Å². The molecule has 0 aliphatic rings. The van der Waals surface area contributed by atoms with E-state index in [0.717, 1.165) is 11.3 Å². The van der Waals surface area contributed by atoms with E-state index in [-0.39, 0.29) is 18.0 Å². The number of sulfonamides is 1. The summed E-state index contributed by atoms with van der Waals surface area (Å²) in [5, 5.41) is 3.52. The zero-order valence-corrected chi connectivity index (χ0v) is 20.6. The highest BCUT2D eigenvalue weighted by Crippen LogP contribution is 2.33. The smallest absolute Gasteiger partial charge is 0.306 e. The molecule has 0 atom stereocenters. The van der Waals surface area contributed by atoms with E-state index in [9.17, 15) is 8.42 Å². The van der Waals surface area contributed by atoms with Gasteiger partial charge in [0.2, 0.25) is 16.0 Å². The molecule has 0 amide bonds. The summed E-state index contributed by atoms with van der Waals surface area (Å²) in [6.07, 6.45) is 4.94. The topological polar surface area (TPSA) is 124 Å². The summed E-state index contributed by atoms with van der Waals surface area (Å²) < 4.78 is 40.1. The van der Waals surface area contributed by atoms with Crippen molar-refractivity contribution in [2.75, 3.05) is 25.5 Å². The van der Waals surface area contributed by atoms with Crippen LogP contribution in [0.25, 0.3) is 28.5 Å². The van der Waals surface area contributed by atoms with Crippen molar-refractivity contribution in [1.29, 1.82) is 0 Å². The number of nitrogens with one attached hydrogen (secondary N) is 2. The Kier molecular flexibility index (Phi) is 6.59. The van der Waals surface area contributed by atoms with Crippen molar-refractivity contribution in [2.24, 2.45) is 0 Å². The second-order valence-corrected chi connectivity index (χ2v) is 9.84. The Balaban J connectivity index is 1.35. The van der Waals surface area contributed by atoms with Crippen molar-refractivity contribution in [3.63, 3.8) is 0 Å². The molecule has 0 saturated heterocycles. The van der Waals surface area contributed by atoms with Crippen LogP contribution in [-0.2, 0) is 10.0 Å². The van der Waals surface area contributed by atoms with Gasteiger partial charge in [-0.25, -0.2) is 23.1 Å². The Morgan fingerprint density at radius 2 is 1.92 bits per heavy atom. The van der Waals surface area contributed by atoms with Gasteiger partial charge in [-0.05, 0) is 42.5 Å². The van der Waals surface area contributed by atoms with E-state index in [1.54, 1.807) is 36.2 Å². The minimum atomic E-state index is -3.66. The van der Waals surface area contributed by atoms with Gasteiger partial charge in [0.05, 0.1) is 17.7 Å². The molecule has 10 nitrogen and oxygen atoms in total. The van der Waals surface area contributed by atoms with Gasteiger partial charge >= 0.3 is 5.84 Å². The first kappa shape index (κ1) is 23.8. The van der Waals surface area contributed by atoms with E-state index in [4.69, 9.17) is 20.8 Å². The number of hydrogen-bond donors (Lipinski definition) is 2. The molecule has 0 unspecified atom stereocenters. The monoisotopic (exact) mass is 524 g/mol. The summed E-state index contributed by atoms with van der Waals surface area (Å²) >= 11 is 5.83. The molecule has 3 heterocycles. The van der Waals surface area contributed by atoms with Gasteiger partial charge in [-0.2, -0.15) is 4.98 Å². The maximum absolute atomic E-state index is 12.4. The van der Waals surface area contributed by atoms with Crippen molar-refractivity contribution >= 4 is 33.4 Å². The van der Waals surface area contributed by atoms with Crippen LogP contribution in [0, 0.1) is 0 Å². The average molecular weight is 525 g/mol. The van der Waals surface area contributed by atoms with E-state index < -0.39 is 10.0 Å². The minimum absolute atomic E-state index is 0.131. The predicted molar refractivity (Wildman–Crippen MR) is 136 cm³/mol. The SMILES string of the molecule is COc1cccc(-c2nc3occn3c2-c2ccnc(NCCNS(=O)(=O)c3ccc(Cl)cc3)n2)c1. The summed E-state index contributed by atoms with van der Waals surface area (Å²) in [6, 6.07) is 15.3. The number of imidazole rings is 1. The molecule has 2 N–H and O–H groups in total. The number of rotatable bonds is 9. The maximum atomic E-state index is 12.4. The molecule has 5 aromatic rings. The van der Waals surface area contributed by atoms with Gasteiger partial charge in [0.15, 0.2) is 0 Å². The van der Waals surface area contributed by atoms with Gasteiger partial charge < -0.3 is 14.5 Å². The normalized spacial score (nSPS) is 11.6. The summed E-state index contributed by atoms with van der Waals surface area (Å²) in [6.45, 7) is 0.402. The zero-order valence-electron chi connectivity index (χ0n) is 19.1. The summed E-state index contributed by atoms with van der Waals surface area (Å²) in [5.41, 5.74) is 2.85. The first-order valence-corrected chi connectivity index (χ1v) is 12.7. The highest BCUT2D eigenvalue weighted by Gasteiger charge is 2.20. The van der Waals surface area contributed by atoms with Gasteiger partial charge in [-0.15, -0.1) is 0 Å². The molecular weight excluding hydrogens is 504 g/mol. The second kappa shape index (κ2) is 9.97. The van der Waals surface area contributed by atoms with Crippen LogP contribution in [0.1, 0.15) is 0 Å². The highest BCUT2D eigenvalue weighted by molar-refractivity contribution is 7.89. The quantitative estimate of drug-likeness (QED) is 0.276. The van der Waals surface area contributed by atoms with E-state index in [2.05, 4.69) is 25.0 Å². The predicted octanol–water partition coefficient (Wildman–Crippen LogP) is 4.10. The maximum Gasteiger partial charge on any atom is 0.306 e. The van der Waals surface area contributed by atoms with Crippen molar-refractivity contribution in [1.82, 2.24) is 24.1 Å². The van der Waals surface area contributed by atoms with Crippen molar-refractivity contribution in [3.05, 3.63) is 78.3 Å². The number of ether oxygens (including phenoxy) is 1. The van der Waals surface area contributed by atoms with Crippen molar-refractivity contribution < 1.29 is 17.6 Å². The Labute approximate surface area is 212 Å². The number of anilines is 1. The van der Waals surface area contributed by atoms with E-state index >= 15 is 0 Å². The molecule has 0 bridgehead atoms. The van der Waals surface area contributed by atoms with Gasteiger partial charge in [-0.1, -0.05) is 23.7 Å².